The standard InChI is InChI=1S/C24H25F3N2O3S2/c25-24(26,27)32-23-9-5-18(6-10-23)15-22(28-11-13-33-14-12-28)17-29(34(30)31)21-8-7-19-3-1-2-4-20(19)16-21/h1-10,16,22H,11-15,17H2,(H,30,31)/p-1. The number of ether oxygens (including phenoxy) is 1. The average molecular weight is 510 g/mol. The number of benzene rings is 3. The van der Waals surface area contributed by atoms with Crippen LogP contribution in [-0.4, -0.2) is 57.2 Å². The molecule has 3 aromatic carbocycles. The second kappa shape index (κ2) is 11.0. The van der Waals surface area contributed by atoms with Crippen LogP contribution < -0.4 is 9.04 Å². The normalized spacial score (nSPS) is 16.8. The lowest BCUT2D eigenvalue weighted by Crippen LogP contribution is -2.49. The summed E-state index contributed by atoms with van der Waals surface area (Å²) in [5.74, 6) is 1.62. The number of anilines is 1. The molecule has 2 atom stereocenters. The Bertz CT molecular complexity index is 1120. The average Bonchev–Trinajstić information content (AvgIpc) is 2.82. The first-order valence-corrected chi connectivity index (χ1v) is 13.0. The van der Waals surface area contributed by atoms with Crippen LogP contribution in [0.4, 0.5) is 18.9 Å². The fourth-order valence-corrected chi connectivity index (χ4v) is 5.64. The van der Waals surface area contributed by atoms with Crippen LogP contribution in [0.15, 0.2) is 66.7 Å². The van der Waals surface area contributed by atoms with Gasteiger partial charge in [0.25, 0.3) is 0 Å². The summed E-state index contributed by atoms with van der Waals surface area (Å²) in [6.45, 7) is 1.88. The number of halogens is 3. The molecule has 0 aliphatic carbocycles. The van der Waals surface area contributed by atoms with Gasteiger partial charge in [-0.05, 0) is 47.0 Å². The first-order valence-electron chi connectivity index (χ1n) is 10.8. The van der Waals surface area contributed by atoms with Crippen molar-refractivity contribution < 1.29 is 26.7 Å². The van der Waals surface area contributed by atoms with Crippen LogP contribution in [-0.2, 0) is 17.7 Å². The monoisotopic (exact) mass is 509 g/mol. The maximum absolute atomic E-state index is 12.5. The summed E-state index contributed by atoms with van der Waals surface area (Å²) in [6, 6.07) is 18.9. The lowest BCUT2D eigenvalue weighted by Gasteiger charge is -2.38. The number of nitrogens with zero attached hydrogens (tertiary/aromatic N) is 2. The number of alkyl halides is 3. The predicted octanol–water partition coefficient (Wildman–Crippen LogP) is 5.00. The molecule has 10 heteroatoms. The molecule has 0 spiro atoms. The molecule has 0 bridgehead atoms. The van der Waals surface area contributed by atoms with Crippen LogP contribution in [0.25, 0.3) is 10.8 Å². The molecule has 0 amide bonds. The van der Waals surface area contributed by atoms with Crippen molar-refractivity contribution in [2.24, 2.45) is 0 Å². The van der Waals surface area contributed by atoms with Gasteiger partial charge in [0.15, 0.2) is 0 Å². The molecule has 5 nitrogen and oxygen atoms in total. The molecule has 3 aromatic rings. The molecule has 1 heterocycles. The summed E-state index contributed by atoms with van der Waals surface area (Å²) in [7, 11) is 0. The first-order chi connectivity index (χ1) is 16.3. The minimum Gasteiger partial charge on any atom is -0.755 e. The van der Waals surface area contributed by atoms with E-state index < -0.39 is 17.6 Å². The highest BCUT2D eigenvalue weighted by atomic mass is 32.2. The van der Waals surface area contributed by atoms with Crippen molar-refractivity contribution in [3.05, 3.63) is 72.3 Å². The van der Waals surface area contributed by atoms with E-state index in [1.807, 2.05) is 48.2 Å². The zero-order valence-corrected chi connectivity index (χ0v) is 19.9. The van der Waals surface area contributed by atoms with E-state index in [0.717, 1.165) is 40.9 Å². The van der Waals surface area contributed by atoms with Crippen LogP contribution in [0.5, 0.6) is 5.75 Å². The molecular formula is C24H24F3N2O3S2-. The first kappa shape index (κ1) is 24.8. The van der Waals surface area contributed by atoms with E-state index in [1.54, 1.807) is 18.2 Å². The molecule has 1 aliphatic rings. The van der Waals surface area contributed by atoms with Crippen molar-refractivity contribution >= 4 is 39.5 Å². The summed E-state index contributed by atoms with van der Waals surface area (Å²) in [4.78, 5) is 2.26. The molecule has 0 saturated carbocycles. The van der Waals surface area contributed by atoms with Gasteiger partial charge in [-0.1, -0.05) is 42.5 Å². The molecular weight excluding hydrogens is 485 g/mol. The molecule has 1 saturated heterocycles. The van der Waals surface area contributed by atoms with Gasteiger partial charge >= 0.3 is 6.36 Å². The smallest absolute Gasteiger partial charge is 0.573 e. The Kier molecular flexibility index (Phi) is 8.02. The molecule has 0 aromatic heterocycles. The Hall–Kier alpha value is -2.27. The SMILES string of the molecule is O=S([O-])N(CC(Cc1ccc(OC(F)(F)F)cc1)N1CCSCC1)c1ccc2ccccc2c1. The molecule has 34 heavy (non-hydrogen) atoms. The molecule has 2 unspecified atom stereocenters. The minimum absolute atomic E-state index is 0.139. The van der Waals surface area contributed by atoms with Crippen LogP contribution in [0, 0.1) is 0 Å². The van der Waals surface area contributed by atoms with Crippen molar-refractivity contribution in [3.63, 3.8) is 0 Å². The van der Waals surface area contributed by atoms with E-state index in [-0.39, 0.29) is 18.3 Å². The van der Waals surface area contributed by atoms with Gasteiger partial charge in [-0.2, -0.15) is 11.8 Å². The third kappa shape index (κ3) is 6.65. The molecule has 0 radical (unpaired) electrons. The number of hydrogen-bond acceptors (Lipinski definition) is 5. The summed E-state index contributed by atoms with van der Waals surface area (Å²) in [6.07, 6.45) is -4.24. The molecule has 1 aliphatic heterocycles. The third-order valence-corrected chi connectivity index (χ3v) is 7.43. The largest absolute Gasteiger partial charge is 0.755 e. The van der Waals surface area contributed by atoms with Gasteiger partial charge < -0.3 is 13.6 Å². The number of thioether (sulfide) groups is 1. The summed E-state index contributed by atoms with van der Waals surface area (Å²) in [5, 5.41) is 1.97. The van der Waals surface area contributed by atoms with E-state index in [4.69, 9.17) is 0 Å². The Labute approximate surface area is 203 Å². The Morgan fingerprint density at radius 3 is 2.35 bits per heavy atom. The van der Waals surface area contributed by atoms with Gasteiger partial charge in [-0.15, -0.1) is 13.2 Å². The summed E-state index contributed by atoms with van der Waals surface area (Å²) >= 11 is -0.636. The van der Waals surface area contributed by atoms with E-state index in [0.29, 0.717) is 12.1 Å². The molecule has 1 fully saturated rings. The Balaban J connectivity index is 1.57. The van der Waals surface area contributed by atoms with Gasteiger partial charge in [-0.3, -0.25) is 9.11 Å². The number of fused-ring (bicyclic) bond motifs is 1. The third-order valence-electron chi connectivity index (χ3n) is 5.77. The van der Waals surface area contributed by atoms with E-state index in [9.17, 15) is 21.9 Å². The lowest BCUT2D eigenvalue weighted by molar-refractivity contribution is -0.274. The van der Waals surface area contributed by atoms with Gasteiger partial charge in [0.1, 0.15) is 5.75 Å². The highest BCUT2D eigenvalue weighted by Crippen LogP contribution is 2.27. The van der Waals surface area contributed by atoms with E-state index in [1.165, 1.54) is 16.4 Å². The number of rotatable bonds is 8. The van der Waals surface area contributed by atoms with E-state index in [2.05, 4.69) is 9.64 Å². The van der Waals surface area contributed by atoms with Crippen molar-refractivity contribution in [2.45, 2.75) is 18.8 Å². The fraction of sp³-hybridized carbons (Fsp3) is 0.333. The second-order valence-corrected chi connectivity index (χ2v) is 10.1. The van der Waals surface area contributed by atoms with Crippen LogP contribution in [0.1, 0.15) is 5.56 Å². The highest BCUT2D eigenvalue weighted by Gasteiger charge is 2.31. The summed E-state index contributed by atoms with van der Waals surface area (Å²) < 4.78 is 67.3. The van der Waals surface area contributed by atoms with Crippen LogP contribution in [0.3, 0.4) is 0 Å². The van der Waals surface area contributed by atoms with Crippen molar-refractivity contribution in [1.82, 2.24) is 4.90 Å². The van der Waals surface area contributed by atoms with Crippen LogP contribution in [0.2, 0.25) is 0 Å². The maximum atomic E-state index is 12.5. The topological polar surface area (TPSA) is 55.8 Å². The predicted molar refractivity (Wildman–Crippen MR) is 130 cm³/mol. The van der Waals surface area contributed by atoms with E-state index >= 15 is 0 Å². The minimum atomic E-state index is -4.74. The quantitative estimate of drug-likeness (QED) is 0.400. The van der Waals surface area contributed by atoms with Gasteiger partial charge in [-0.25, -0.2) is 0 Å². The lowest BCUT2D eigenvalue weighted by atomic mass is 10.0. The van der Waals surface area contributed by atoms with Gasteiger partial charge in [0.2, 0.25) is 0 Å². The highest BCUT2D eigenvalue weighted by molar-refractivity contribution is 7.99. The number of hydrogen-bond donors (Lipinski definition) is 0. The maximum Gasteiger partial charge on any atom is 0.573 e. The molecule has 182 valence electrons. The molecule has 4 rings (SSSR count). The zero-order valence-electron chi connectivity index (χ0n) is 18.2. The second-order valence-electron chi connectivity index (χ2n) is 8.01. The fourth-order valence-electron chi connectivity index (χ4n) is 4.13. The van der Waals surface area contributed by atoms with Gasteiger partial charge in [0, 0.05) is 54.1 Å². The van der Waals surface area contributed by atoms with Crippen molar-refractivity contribution in [3.8, 4) is 5.75 Å². The van der Waals surface area contributed by atoms with Crippen LogP contribution >= 0.6 is 11.8 Å². The Morgan fingerprint density at radius 1 is 1.03 bits per heavy atom. The Morgan fingerprint density at radius 2 is 1.71 bits per heavy atom. The van der Waals surface area contributed by atoms with Gasteiger partial charge in [0.05, 0.1) is 0 Å². The van der Waals surface area contributed by atoms with Crippen molar-refractivity contribution in [2.75, 3.05) is 35.4 Å². The van der Waals surface area contributed by atoms with Crippen molar-refractivity contribution in [1.29, 1.82) is 0 Å². The summed E-state index contributed by atoms with van der Waals surface area (Å²) in [5.41, 5.74) is 1.39. The zero-order chi connectivity index (χ0) is 24.1. The molecule has 0 N–H and O–H groups in total.